The minimum atomic E-state index is -0.506. The number of nitrogens with zero attached hydrogens (tertiary/aromatic N) is 3. The summed E-state index contributed by atoms with van der Waals surface area (Å²) in [7, 11) is 1.30. The molecule has 1 saturated heterocycles. The summed E-state index contributed by atoms with van der Waals surface area (Å²) in [5, 5.41) is 13.6. The summed E-state index contributed by atoms with van der Waals surface area (Å²) in [6, 6.07) is 20.9. The van der Waals surface area contributed by atoms with Gasteiger partial charge < -0.3 is 19.7 Å². The molecule has 3 aromatic carbocycles. The normalized spacial score (nSPS) is 13.6. The molecular formula is C27H28N4O6. The minimum absolute atomic E-state index is 0.0649. The molecule has 0 atom stereocenters. The van der Waals surface area contributed by atoms with E-state index in [1.807, 2.05) is 24.3 Å². The summed E-state index contributed by atoms with van der Waals surface area (Å²) in [6.07, 6.45) is 0. The Morgan fingerprint density at radius 1 is 0.973 bits per heavy atom. The van der Waals surface area contributed by atoms with Crippen LogP contribution in [0.25, 0.3) is 0 Å². The molecule has 37 heavy (non-hydrogen) atoms. The molecule has 1 amide bonds. The summed E-state index contributed by atoms with van der Waals surface area (Å²) in [5.74, 6) is -0.597. The van der Waals surface area contributed by atoms with Crippen LogP contribution in [0.3, 0.4) is 0 Å². The first kappa shape index (κ1) is 25.6. The van der Waals surface area contributed by atoms with E-state index in [-0.39, 0.29) is 12.3 Å². The number of nitrogens with one attached hydrogen (secondary N) is 1. The van der Waals surface area contributed by atoms with Gasteiger partial charge in [-0.3, -0.25) is 19.8 Å². The van der Waals surface area contributed by atoms with Gasteiger partial charge in [0.15, 0.2) is 6.61 Å². The molecule has 0 bridgehead atoms. The predicted molar refractivity (Wildman–Crippen MR) is 139 cm³/mol. The fourth-order valence-electron chi connectivity index (χ4n) is 4.14. The van der Waals surface area contributed by atoms with Crippen LogP contribution >= 0.6 is 0 Å². The lowest BCUT2D eigenvalue weighted by molar-refractivity contribution is -0.384. The number of piperazine rings is 1. The van der Waals surface area contributed by atoms with Crippen molar-refractivity contribution >= 4 is 28.9 Å². The van der Waals surface area contributed by atoms with E-state index >= 15 is 0 Å². The molecule has 10 nitrogen and oxygen atoms in total. The van der Waals surface area contributed by atoms with Crippen LogP contribution in [0.15, 0.2) is 72.8 Å². The van der Waals surface area contributed by atoms with Gasteiger partial charge in [-0.05, 0) is 35.9 Å². The highest BCUT2D eigenvalue weighted by Gasteiger charge is 2.22. The molecule has 1 N–H and O–H groups in total. The van der Waals surface area contributed by atoms with E-state index in [1.54, 1.807) is 12.1 Å². The van der Waals surface area contributed by atoms with Crippen molar-refractivity contribution in [2.45, 2.75) is 6.54 Å². The van der Waals surface area contributed by atoms with Gasteiger partial charge in [-0.2, -0.15) is 0 Å². The second kappa shape index (κ2) is 12.0. The number of hydrogen-bond acceptors (Lipinski definition) is 8. The summed E-state index contributed by atoms with van der Waals surface area (Å²) >= 11 is 0. The Morgan fingerprint density at radius 3 is 2.32 bits per heavy atom. The summed E-state index contributed by atoms with van der Waals surface area (Å²) in [6.45, 7) is 3.79. The summed E-state index contributed by atoms with van der Waals surface area (Å²) in [5.41, 5.74) is 2.80. The third kappa shape index (κ3) is 6.83. The molecule has 1 heterocycles. The molecule has 192 valence electrons. The van der Waals surface area contributed by atoms with Crippen molar-refractivity contribution in [1.82, 2.24) is 4.90 Å². The van der Waals surface area contributed by atoms with Crippen molar-refractivity contribution in [3.63, 3.8) is 0 Å². The number of anilines is 2. The number of ether oxygens (including phenoxy) is 2. The number of amides is 1. The minimum Gasteiger partial charge on any atom is -0.484 e. The number of nitro benzene ring substituents is 1. The summed E-state index contributed by atoms with van der Waals surface area (Å²) < 4.78 is 10.3. The smallest absolute Gasteiger partial charge is 0.337 e. The van der Waals surface area contributed by atoms with Crippen molar-refractivity contribution in [2.75, 3.05) is 50.1 Å². The van der Waals surface area contributed by atoms with Crippen LogP contribution in [0.5, 0.6) is 5.75 Å². The maximum Gasteiger partial charge on any atom is 0.337 e. The van der Waals surface area contributed by atoms with Gasteiger partial charge in [0.2, 0.25) is 0 Å². The van der Waals surface area contributed by atoms with Crippen LogP contribution in [0.4, 0.5) is 17.1 Å². The van der Waals surface area contributed by atoms with Crippen molar-refractivity contribution in [2.24, 2.45) is 0 Å². The Hall–Kier alpha value is -4.44. The topological polar surface area (TPSA) is 114 Å². The van der Waals surface area contributed by atoms with E-state index < -0.39 is 16.8 Å². The number of esters is 1. The maximum atomic E-state index is 12.7. The van der Waals surface area contributed by atoms with Gasteiger partial charge in [-0.15, -0.1) is 0 Å². The second-order valence-corrected chi connectivity index (χ2v) is 8.56. The van der Waals surface area contributed by atoms with Crippen molar-refractivity contribution < 1.29 is 24.0 Å². The van der Waals surface area contributed by atoms with Crippen molar-refractivity contribution in [3.05, 3.63) is 94.0 Å². The molecule has 0 spiro atoms. The number of carbonyl (C=O) groups is 2. The van der Waals surface area contributed by atoms with Crippen LogP contribution in [0, 0.1) is 10.1 Å². The molecular weight excluding hydrogens is 476 g/mol. The zero-order valence-electron chi connectivity index (χ0n) is 20.5. The lowest BCUT2D eigenvalue weighted by Gasteiger charge is -2.37. The Kier molecular flexibility index (Phi) is 8.32. The number of carbonyl (C=O) groups excluding carboxylic acids is 2. The van der Waals surface area contributed by atoms with Crippen molar-refractivity contribution in [1.29, 1.82) is 0 Å². The standard InChI is InChI=1S/C27H28N4O6/c1-36-27(33)21-7-12-25(30-15-13-29(14-16-30)18-20-5-3-2-4-6-20)24(17-21)28-26(32)19-37-23-10-8-22(9-11-23)31(34)35/h2-12,17H,13-16,18-19H2,1H3,(H,28,32). The average Bonchev–Trinajstić information content (AvgIpc) is 2.93. The number of methoxy groups -OCH3 is 1. The third-order valence-electron chi connectivity index (χ3n) is 6.07. The van der Waals surface area contributed by atoms with Crippen LogP contribution in [-0.2, 0) is 16.1 Å². The SMILES string of the molecule is COC(=O)c1ccc(N2CCN(Cc3ccccc3)CC2)c(NC(=O)COc2ccc([N+](=O)[O-])cc2)c1. The van der Waals surface area contributed by atoms with Gasteiger partial charge in [0, 0.05) is 44.9 Å². The lowest BCUT2D eigenvalue weighted by Crippen LogP contribution is -2.46. The van der Waals surface area contributed by atoms with E-state index in [9.17, 15) is 19.7 Å². The molecule has 0 unspecified atom stereocenters. The molecule has 4 rings (SSSR count). The number of non-ortho nitro benzene ring substituents is 1. The number of benzene rings is 3. The Labute approximate surface area is 214 Å². The van der Waals surface area contributed by atoms with Crippen LogP contribution in [-0.4, -0.2) is 61.6 Å². The summed E-state index contributed by atoms with van der Waals surface area (Å²) in [4.78, 5) is 39.7. The van der Waals surface area contributed by atoms with Gasteiger partial charge >= 0.3 is 5.97 Å². The average molecular weight is 505 g/mol. The maximum absolute atomic E-state index is 12.7. The van der Waals surface area contributed by atoms with E-state index in [1.165, 1.54) is 36.9 Å². The zero-order chi connectivity index (χ0) is 26.2. The van der Waals surface area contributed by atoms with E-state index in [0.29, 0.717) is 17.0 Å². The number of nitro groups is 1. The van der Waals surface area contributed by atoms with Gasteiger partial charge in [0.1, 0.15) is 5.75 Å². The van der Waals surface area contributed by atoms with Crippen LogP contribution in [0.1, 0.15) is 15.9 Å². The van der Waals surface area contributed by atoms with Crippen LogP contribution in [0.2, 0.25) is 0 Å². The quantitative estimate of drug-likeness (QED) is 0.266. The molecule has 0 aliphatic carbocycles. The van der Waals surface area contributed by atoms with E-state index in [0.717, 1.165) is 38.4 Å². The molecule has 3 aromatic rings. The van der Waals surface area contributed by atoms with Crippen molar-refractivity contribution in [3.8, 4) is 5.75 Å². The van der Waals surface area contributed by atoms with E-state index in [4.69, 9.17) is 9.47 Å². The molecule has 1 fully saturated rings. The highest BCUT2D eigenvalue weighted by atomic mass is 16.6. The Morgan fingerprint density at radius 2 is 1.68 bits per heavy atom. The Bertz CT molecular complexity index is 1240. The molecule has 0 radical (unpaired) electrons. The first-order valence-corrected chi connectivity index (χ1v) is 11.8. The Balaban J connectivity index is 1.42. The molecule has 10 heteroatoms. The van der Waals surface area contributed by atoms with Gasteiger partial charge in [-0.25, -0.2) is 4.79 Å². The zero-order valence-corrected chi connectivity index (χ0v) is 20.5. The van der Waals surface area contributed by atoms with Gasteiger partial charge in [0.25, 0.3) is 11.6 Å². The fraction of sp³-hybridized carbons (Fsp3) is 0.259. The molecule has 1 aliphatic rings. The number of hydrogen-bond donors (Lipinski definition) is 1. The molecule has 0 saturated carbocycles. The first-order valence-electron chi connectivity index (χ1n) is 11.8. The second-order valence-electron chi connectivity index (χ2n) is 8.56. The van der Waals surface area contributed by atoms with Crippen LogP contribution < -0.4 is 15.0 Å². The molecule has 0 aromatic heterocycles. The lowest BCUT2D eigenvalue weighted by atomic mass is 10.1. The third-order valence-corrected chi connectivity index (χ3v) is 6.07. The van der Waals surface area contributed by atoms with Gasteiger partial charge in [-0.1, -0.05) is 30.3 Å². The predicted octanol–water partition coefficient (Wildman–Crippen LogP) is 3.72. The number of rotatable bonds is 9. The monoisotopic (exact) mass is 504 g/mol. The highest BCUT2D eigenvalue weighted by Crippen LogP contribution is 2.29. The largest absolute Gasteiger partial charge is 0.484 e. The highest BCUT2D eigenvalue weighted by molar-refractivity contribution is 5.98. The van der Waals surface area contributed by atoms with Gasteiger partial charge in [0.05, 0.1) is 29.0 Å². The first-order chi connectivity index (χ1) is 17.9. The van der Waals surface area contributed by atoms with E-state index in [2.05, 4.69) is 27.2 Å². The molecule has 1 aliphatic heterocycles. The fourth-order valence-corrected chi connectivity index (χ4v) is 4.14.